The van der Waals surface area contributed by atoms with E-state index in [2.05, 4.69) is 5.32 Å². The van der Waals surface area contributed by atoms with Crippen LogP contribution < -0.4 is 15.8 Å². The van der Waals surface area contributed by atoms with Crippen LogP contribution in [0.3, 0.4) is 0 Å². The molecule has 0 saturated heterocycles. The maximum absolute atomic E-state index is 11.9. The summed E-state index contributed by atoms with van der Waals surface area (Å²) in [5, 5.41) is 13.0. The van der Waals surface area contributed by atoms with Crippen LogP contribution in [0.2, 0.25) is 0 Å². The fourth-order valence-corrected chi connectivity index (χ4v) is 2.15. The molecule has 0 radical (unpaired) electrons. The fraction of sp³-hybridized carbons (Fsp3) is 0.364. The second-order valence-electron chi connectivity index (χ2n) is 3.69. The zero-order chi connectivity index (χ0) is 14.4. The molecule has 0 bridgehead atoms. The summed E-state index contributed by atoms with van der Waals surface area (Å²) in [5.74, 6) is -2.01. The number of ether oxygens (including phenoxy) is 1. The second-order valence-corrected chi connectivity index (χ2v) is 4.60. The Bertz CT molecular complexity index is 485. The summed E-state index contributed by atoms with van der Waals surface area (Å²) in [6.45, 7) is 0. The van der Waals surface area contributed by atoms with E-state index in [1.165, 1.54) is 7.11 Å². The molecule has 0 aromatic carbocycles. The predicted octanol–water partition coefficient (Wildman–Crippen LogP) is 0.205. The van der Waals surface area contributed by atoms with E-state index < -0.39 is 23.8 Å². The number of carbonyl (C=O) groups is 3. The Balaban J connectivity index is 2.71. The lowest BCUT2D eigenvalue weighted by molar-refractivity contribution is -0.139. The van der Waals surface area contributed by atoms with Crippen molar-refractivity contribution in [2.45, 2.75) is 18.9 Å². The standard InChI is InChI=1S/C11H14N2O5S/c1-18-7-4-5-19-9(7)10(15)13-6(11(16)17)2-3-8(12)14/h4-6H,2-3H2,1H3,(H2,12,14)(H,13,15)(H,16,17)/t6-/m0/s1. The van der Waals surface area contributed by atoms with Gasteiger partial charge in [0, 0.05) is 6.42 Å². The molecule has 1 heterocycles. The van der Waals surface area contributed by atoms with Gasteiger partial charge in [-0.15, -0.1) is 11.3 Å². The molecule has 1 rings (SSSR count). The number of primary amides is 1. The number of carbonyl (C=O) groups excluding carboxylic acids is 2. The highest BCUT2D eigenvalue weighted by Crippen LogP contribution is 2.24. The highest BCUT2D eigenvalue weighted by molar-refractivity contribution is 7.12. The first kappa shape index (κ1) is 15.0. The topological polar surface area (TPSA) is 119 Å². The van der Waals surface area contributed by atoms with Gasteiger partial charge in [-0.3, -0.25) is 9.59 Å². The quantitative estimate of drug-likeness (QED) is 0.662. The molecule has 1 aromatic heterocycles. The fourth-order valence-electron chi connectivity index (χ4n) is 1.39. The van der Waals surface area contributed by atoms with Crippen LogP contribution in [0.4, 0.5) is 0 Å². The molecular formula is C11H14N2O5S. The summed E-state index contributed by atoms with van der Waals surface area (Å²) >= 11 is 1.14. The van der Waals surface area contributed by atoms with E-state index >= 15 is 0 Å². The molecule has 0 saturated carbocycles. The number of carboxylic acid groups (broad SMARTS) is 1. The number of aliphatic carboxylic acids is 1. The molecule has 0 aliphatic carbocycles. The number of carboxylic acids is 1. The monoisotopic (exact) mass is 286 g/mol. The molecule has 0 aliphatic rings. The van der Waals surface area contributed by atoms with Crippen molar-refractivity contribution < 1.29 is 24.2 Å². The number of methoxy groups -OCH3 is 1. The van der Waals surface area contributed by atoms with Crippen molar-refractivity contribution in [1.29, 1.82) is 0 Å². The van der Waals surface area contributed by atoms with Gasteiger partial charge < -0.3 is 20.9 Å². The first-order valence-electron chi connectivity index (χ1n) is 5.39. The van der Waals surface area contributed by atoms with Crippen molar-refractivity contribution >= 4 is 29.1 Å². The van der Waals surface area contributed by atoms with E-state index in [-0.39, 0.29) is 17.7 Å². The minimum atomic E-state index is -1.22. The molecule has 0 aliphatic heterocycles. The van der Waals surface area contributed by atoms with Crippen LogP contribution in [0.25, 0.3) is 0 Å². The molecule has 1 atom stereocenters. The zero-order valence-corrected chi connectivity index (χ0v) is 11.0. The molecular weight excluding hydrogens is 272 g/mol. The van der Waals surface area contributed by atoms with Crippen molar-refractivity contribution in [2.24, 2.45) is 5.73 Å². The third-order valence-corrected chi connectivity index (χ3v) is 3.23. The van der Waals surface area contributed by atoms with E-state index in [9.17, 15) is 14.4 Å². The SMILES string of the molecule is COc1ccsc1C(=O)N[C@@H](CCC(N)=O)C(=O)O. The van der Waals surface area contributed by atoms with Gasteiger partial charge in [0.05, 0.1) is 7.11 Å². The highest BCUT2D eigenvalue weighted by atomic mass is 32.1. The van der Waals surface area contributed by atoms with Gasteiger partial charge in [-0.1, -0.05) is 0 Å². The van der Waals surface area contributed by atoms with Crippen LogP contribution in [0, 0.1) is 0 Å². The molecule has 7 nitrogen and oxygen atoms in total. The Labute approximate surface area is 113 Å². The van der Waals surface area contributed by atoms with Crippen LogP contribution in [-0.2, 0) is 9.59 Å². The van der Waals surface area contributed by atoms with Crippen LogP contribution in [0.15, 0.2) is 11.4 Å². The summed E-state index contributed by atoms with van der Waals surface area (Å²) in [4.78, 5) is 33.8. The van der Waals surface area contributed by atoms with Crippen LogP contribution in [-0.4, -0.2) is 36.0 Å². The third-order valence-electron chi connectivity index (χ3n) is 2.34. The van der Waals surface area contributed by atoms with Gasteiger partial charge in [-0.2, -0.15) is 0 Å². The Kier molecular flexibility index (Phi) is 5.31. The van der Waals surface area contributed by atoms with Crippen molar-refractivity contribution in [3.8, 4) is 5.75 Å². The van der Waals surface area contributed by atoms with E-state index in [1.807, 2.05) is 0 Å². The maximum atomic E-state index is 11.9. The Morgan fingerprint density at radius 2 is 2.21 bits per heavy atom. The van der Waals surface area contributed by atoms with Gasteiger partial charge in [-0.05, 0) is 17.9 Å². The molecule has 2 amide bonds. The number of nitrogens with one attached hydrogen (secondary N) is 1. The normalized spacial score (nSPS) is 11.6. The Morgan fingerprint density at radius 1 is 1.53 bits per heavy atom. The number of thiophene rings is 1. The van der Waals surface area contributed by atoms with Crippen molar-refractivity contribution in [3.63, 3.8) is 0 Å². The van der Waals surface area contributed by atoms with Crippen LogP contribution >= 0.6 is 11.3 Å². The molecule has 0 unspecified atom stereocenters. The van der Waals surface area contributed by atoms with E-state index in [0.717, 1.165) is 11.3 Å². The van der Waals surface area contributed by atoms with E-state index in [1.54, 1.807) is 11.4 Å². The predicted molar refractivity (Wildman–Crippen MR) is 68.2 cm³/mol. The van der Waals surface area contributed by atoms with Crippen LogP contribution in [0.5, 0.6) is 5.75 Å². The molecule has 4 N–H and O–H groups in total. The Morgan fingerprint density at radius 3 is 2.74 bits per heavy atom. The lowest BCUT2D eigenvalue weighted by atomic mass is 10.1. The number of nitrogens with two attached hydrogens (primary N) is 1. The summed E-state index contributed by atoms with van der Waals surface area (Å²) in [6, 6.07) is 0.450. The first-order valence-corrected chi connectivity index (χ1v) is 6.27. The minimum absolute atomic E-state index is 0.0515. The van der Waals surface area contributed by atoms with Crippen molar-refractivity contribution in [1.82, 2.24) is 5.32 Å². The largest absolute Gasteiger partial charge is 0.495 e. The second kappa shape index (κ2) is 6.74. The average Bonchev–Trinajstić information content (AvgIpc) is 2.81. The summed E-state index contributed by atoms with van der Waals surface area (Å²) in [6.07, 6.45) is -0.164. The van der Waals surface area contributed by atoms with E-state index in [0.29, 0.717) is 5.75 Å². The van der Waals surface area contributed by atoms with Gasteiger partial charge in [0.25, 0.3) is 5.91 Å². The number of hydrogen-bond acceptors (Lipinski definition) is 5. The maximum Gasteiger partial charge on any atom is 0.326 e. The first-order chi connectivity index (χ1) is 8.95. The minimum Gasteiger partial charge on any atom is -0.495 e. The number of rotatable bonds is 7. The average molecular weight is 286 g/mol. The number of hydrogen-bond donors (Lipinski definition) is 3. The van der Waals surface area contributed by atoms with Gasteiger partial charge in [0.1, 0.15) is 16.7 Å². The molecule has 1 aromatic rings. The summed E-state index contributed by atoms with van der Waals surface area (Å²) < 4.78 is 4.97. The lowest BCUT2D eigenvalue weighted by Gasteiger charge is -2.13. The zero-order valence-electron chi connectivity index (χ0n) is 10.2. The van der Waals surface area contributed by atoms with Gasteiger partial charge in [0.15, 0.2) is 0 Å². The van der Waals surface area contributed by atoms with Crippen molar-refractivity contribution in [2.75, 3.05) is 7.11 Å². The van der Waals surface area contributed by atoms with Crippen LogP contribution in [0.1, 0.15) is 22.5 Å². The third kappa shape index (κ3) is 4.25. The van der Waals surface area contributed by atoms with Gasteiger partial charge >= 0.3 is 5.97 Å². The van der Waals surface area contributed by atoms with E-state index in [4.69, 9.17) is 15.6 Å². The molecule has 8 heteroatoms. The highest BCUT2D eigenvalue weighted by Gasteiger charge is 2.23. The summed E-state index contributed by atoms with van der Waals surface area (Å²) in [5.41, 5.74) is 4.95. The summed E-state index contributed by atoms with van der Waals surface area (Å²) in [7, 11) is 1.42. The molecule has 19 heavy (non-hydrogen) atoms. The smallest absolute Gasteiger partial charge is 0.326 e. The Hall–Kier alpha value is -2.09. The molecule has 104 valence electrons. The molecule has 0 fully saturated rings. The van der Waals surface area contributed by atoms with Gasteiger partial charge in [0.2, 0.25) is 5.91 Å². The lowest BCUT2D eigenvalue weighted by Crippen LogP contribution is -2.41. The number of amides is 2. The molecule has 0 spiro atoms. The van der Waals surface area contributed by atoms with Crippen molar-refractivity contribution in [3.05, 3.63) is 16.3 Å². The van der Waals surface area contributed by atoms with Gasteiger partial charge in [-0.25, -0.2) is 4.79 Å².